The van der Waals surface area contributed by atoms with Gasteiger partial charge in [0.1, 0.15) is 5.75 Å². The molecule has 1 heterocycles. The third kappa shape index (κ3) is 2.96. The minimum Gasteiger partial charge on any atom is -0.496 e. The molecule has 0 saturated carbocycles. The Morgan fingerprint density at radius 1 is 1.29 bits per heavy atom. The number of carboxylic acids is 1. The number of benzene rings is 1. The second kappa shape index (κ2) is 5.43. The van der Waals surface area contributed by atoms with Crippen molar-refractivity contribution in [2.24, 2.45) is 0 Å². The first-order valence-electron chi connectivity index (χ1n) is 5.78. The second-order valence-electron chi connectivity index (χ2n) is 4.12. The number of carboxylic acid groups (broad SMARTS) is 1. The Balaban J connectivity index is 2.70. The molecular formula is C14H10F3NO3. The van der Waals surface area contributed by atoms with Gasteiger partial charge in [0.25, 0.3) is 0 Å². The molecule has 0 aliphatic rings. The molecule has 110 valence electrons. The van der Waals surface area contributed by atoms with Gasteiger partial charge in [-0.1, -0.05) is 0 Å². The number of aromatic nitrogens is 1. The molecule has 0 radical (unpaired) electrons. The molecule has 1 aromatic heterocycles. The summed E-state index contributed by atoms with van der Waals surface area (Å²) in [5.74, 6) is -1.17. The largest absolute Gasteiger partial charge is 0.496 e. The predicted molar refractivity (Wildman–Crippen MR) is 68.2 cm³/mol. The average Bonchev–Trinajstić information content (AvgIpc) is 2.45. The van der Waals surface area contributed by atoms with Crippen molar-refractivity contribution >= 4 is 5.97 Å². The van der Waals surface area contributed by atoms with Gasteiger partial charge in [0.2, 0.25) is 0 Å². The topological polar surface area (TPSA) is 59.4 Å². The fraction of sp³-hybridized carbons (Fsp3) is 0.143. The molecule has 4 nitrogen and oxygen atoms in total. The number of pyridine rings is 1. The fourth-order valence-electron chi connectivity index (χ4n) is 1.86. The summed E-state index contributed by atoms with van der Waals surface area (Å²) in [6, 6.07) is 5.50. The van der Waals surface area contributed by atoms with E-state index in [0.29, 0.717) is 0 Å². The molecule has 0 bridgehead atoms. The third-order valence-electron chi connectivity index (χ3n) is 2.82. The maximum absolute atomic E-state index is 12.8. The van der Waals surface area contributed by atoms with E-state index in [2.05, 4.69) is 4.98 Å². The van der Waals surface area contributed by atoms with Gasteiger partial charge in [-0.3, -0.25) is 4.98 Å². The van der Waals surface area contributed by atoms with Crippen molar-refractivity contribution in [1.29, 1.82) is 0 Å². The molecule has 0 spiro atoms. The molecule has 0 aliphatic heterocycles. The van der Waals surface area contributed by atoms with Gasteiger partial charge in [-0.15, -0.1) is 0 Å². The van der Waals surface area contributed by atoms with Gasteiger partial charge < -0.3 is 9.84 Å². The summed E-state index contributed by atoms with van der Waals surface area (Å²) in [6.07, 6.45) is -3.24. The van der Waals surface area contributed by atoms with E-state index < -0.39 is 17.7 Å². The van der Waals surface area contributed by atoms with Gasteiger partial charge in [0.15, 0.2) is 0 Å². The number of alkyl halides is 3. The summed E-state index contributed by atoms with van der Waals surface area (Å²) in [5, 5.41) is 9.12. The van der Waals surface area contributed by atoms with Crippen molar-refractivity contribution in [3.05, 3.63) is 47.7 Å². The number of methoxy groups -OCH3 is 1. The number of aromatic carboxylic acids is 1. The normalized spacial score (nSPS) is 11.2. The van der Waals surface area contributed by atoms with Crippen molar-refractivity contribution in [2.75, 3.05) is 7.11 Å². The van der Waals surface area contributed by atoms with Crippen molar-refractivity contribution in [3.8, 4) is 17.0 Å². The van der Waals surface area contributed by atoms with Crippen LogP contribution >= 0.6 is 0 Å². The summed E-state index contributed by atoms with van der Waals surface area (Å²) in [7, 11) is 1.29. The second-order valence-corrected chi connectivity index (χ2v) is 4.12. The van der Waals surface area contributed by atoms with Crippen LogP contribution < -0.4 is 4.74 Å². The number of hydrogen-bond acceptors (Lipinski definition) is 3. The summed E-state index contributed by atoms with van der Waals surface area (Å²) < 4.78 is 43.4. The molecule has 0 unspecified atom stereocenters. The number of ether oxygens (including phenoxy) is 1. The van der Waals surface area contributed by atoms with Crippen molar-refractivity contribution < 1.29 is 27.8 Å². The average molecular weight is 297 g/mol. The van der Waals surface area contributed by atoms with Gasteiger partial charge in [0.05, 0.1) is 23.9 Å². The molecular weight excluding hydrogens is 287 g/mol. The van der Waals surface area contributed by atoms with E-state index in [4.69, 9.17) is 9.84 Å². The predicted octanol–water partition coefficient (Wildman–Crippen LogP) is 3.47. The highest BCUT2D eigenvalue weighted by atomic mass is 19.4. The summed E-state index contributed by atoms with van der Waals surface area (Å²) in [5.41, 5.74) is -1.20. The monoisotopic (exact) mass is 297 g/mol. The standard InChI is InChI=1S/C14H10F3NO3/c1-21-11-5-4-8(14(15,16)17)7-10(11)12-9(13(19)20)3-2-6-18-12/h2-7H,1H3,(H,19,20). The highest BCUT2D eigenvalue weighted by Gasteiger charge is 2.32. The third-order valence-corrected chi connectivity index (χ3v) is 2.82. The van der Waals surface area contributed by atoms with Gasteiger partial charge in [0, 0.05) is 11.8 Å². The Morgan fingerprint density at radius 3 is 2.57 bits per heavy atom. The fourth-order valence-corrected chi connectivity index (χ4v) is 1.86. The van der Waals surface area contributed by atoms with Crippen LogP contribution in [0.25, 0.3) is 11.3 Å². The summed E-state index contributed by atoms with van der Waals surface area (Å²) >= 11 is 0. The molecule has 7 heteroatoms. The van der Waals surface area contributed by atoms with Crippen LogP contribution in [-0.2, 0) is 6.18 Å². The molecule has 0 atom stereocenters. The lowest BCUT2D eigenvalue weighted by Gasteiger charge is -2.13. The maximum Gasteiger partial charge on any atom is 0.416 e. The Hall–Kier alpha value is -2.57. The lowest BCUT2D eigenvalue weighted by Crippen LogP contribution is -2.07. The molecule has 21 heavy (non-hydrogen) atoms. The van der Waals surface area contributed by atoms with E-state index in [1.807, 2.05) is 0 Å². The van der Waals surface area contributed by atoms with Crippen LogP contribution in [0.2, 0.25) is 0 Å². The quantitative estimate of drug-likeness (QED) is 0.942. The lowest BCUT2D eigenvalue weighted by atomic mass is 10.0. The Kier molecular flexibility index (Phi) is 3.84. The van der Waals surface area contributed by atoms with Gasteiger partial charge in [-0.05, 0) is 30.3 Å². The van der Waals surface area contributed by atoms with Crippen LogP contribution in [0, 0.1) is 0 Å². The maximum atomic E-state index is 12.8. The SMILES string of the molecule is COc1ccc(C(F)(F)F)cc1-c1ncccc1C(=O)O. The Labute approximate surface area is 117 Å². The van der Waals surface area contributed by atoms with Crippen molar-refractivity contribution in [2.45, 2.75) is 6.18 Å². The smallest absolute Gasteiger partial charge is 0.416 e. The molecule has 0 amide bonds. The van der Waals surface area contributed by atoms with E-state index in [1.54, 1.807) is 0 Å². The Morgan fingerprint density at radius 2 is 2.00 bits per heavy atom. The van der Waals surface area contributed by atoms with E-state index in [-0.39, 0.29) is 22.6 Å². The van der Waals surface area contributed by atoms with Crippen molar-refractivity contribution in [1.82, 2.24) is 4.98 Å². The van der Waals surface area contributed by atoms with Crippen LogP contribution in [0.1, 0.15) is 15.9 Å². The highest BCUT2D eigenvalue weighted by Crippen LogP contribution is 2.37. The molecule has 0 aliphatic carbocycles. The van der Waals surface area contributed by atoms with E-state index in [0.717, 1.165) is 18.2 Å². The van der Waals surface area contributed by atoms with Gasteiger partial charge in [-0.25, -0.2) is 4.79 Å². The van der Waals surface area contributed by atoms with Crippen LogP contribution in [-0.4, -0.2) is 23.2 Å². The first-order chi connectivity index (χ1) is 9.84. The molecule has 1 aromatic carbocycles. The molecule has 0 fully saturated rings. The minimum absolute atomic E-state index is 0.0228. The van der Waals surface area contributed by atoms with Crippen LogP contribution in [0.3, 0.4) is 0 Å². The number of carbonyl (C=O) groups is 1. The highest BCUT2D eigenvalue weighted by molar-refractivity contribution is 5.95. The summed E-state index contributed by atoms with van der Waals surface area (Å²) in [6.45, 7) is 0. The van der Waals surface area contributed by atoms with Crippen molar-refractivity contribution in [3.63, 3.8) is 0 Å². The van der Waals surface area contributed by atoms with Crippen LogP contribution in [0.4, 0.5) is 13.2 Å². The molecule has 2 aromatic rings. The number of hydrogen-bond donors (Lipinski definition) is 1. The van der Waals surface area contributed by atoms with E-state index in [9.17, 15) is 18.0 Å². The number of nitrogens with zero attached hydrogens (tertiary/aromatic N) is 1. The van der Waals surface area contributed by atoms with Gasteiger partial charge >= 0.3 is 12.1 Å². The first kappa shape index (κ1) is 14.8. The first-order valence-corrected chi connectivity index (χ1v) is 5.78. The molecule has 0 saturated heterocycles. The minimum atomic E-state index is -4.54. The summed E-state index contributed by atoms with van der Waals surface area (Å²) in [4.78, 5) is 15.0. The zero-order valence-electron chi connectivity index (χ0n) is 10.8. The molecule has 1 N–H and O–H groups in total. The van der Waals surface area contributed by atoms with Crippen LogP contribution in [0.15, 0.2) is 36.5 Å². The van der Waals surface area contributed by atoms with Gasteiger partial charge in [-0.2, -0.15) is 13.2 Å². The number of rotatable bonds is 3. The van der Waals surface area contributed by atoms with E-state index in [1.165, 1.54) is 25.4 Å². The van der Waals surface area contributed by atoms with E-state index >= 15 is 0 Å². The Bertz CT molecular complexity index is 683. The molecule has 2 rings (SSSR count). The zero-order valence-corrected chi connectivity index (χ0v) is 10.8. The van der Waals surface area contributed by atoms with Crippen LogP contribution in [0.5, 0.6) is 5.75 Å². The number of halogens is 3. The lowest BCUT2D eigenvalue weighted by molar-refractivity contribution is -0.137. The zero-order chi connectivity index (χ0) is 15.6.